The van der Waals surface area contributed by atoms with Crippen LogP contribution in [0.25, 0.3) is 22.2 Å². The molecule has 1 aliphatic carbocycles. The standard InChI is InChI=1S/C24H23N5O2/c1-14-18(23(14)20-9-8-16-6-4-5-7-19(16)28-20)12-31-24-17(11-25-15(2)27-24)21-10-22(30)29(3)13-26-21/h4-11,13-14,18,23H,12H2,1-3H3. The van der Waals surface area contributed by atoms with Gasteiger partial charge in [0.05, 0.1) is 29.7 Å². The second-order valence-corrected chi connectivity index (χ2v) is 8.15. The van der Waals surface area contributed by atoms with E-state index >= 15 is 0 Å². The lowest BCUT2D eigenvalue weighted by Crippen LogP contribution is -2.16. The quantitative estimate of drug-likeness (QED) is 0.498. The minimum Gasteiger partial charge on any atom is -0.477 e. The monoisotopic (exact) mass is 413 g/mol. The van der Waals surface area contributed by atoms with Crippen molar-refractivity contribution in [3.63, 3.8) is 0 Å². The Kier molecular flexibility index (Phi) is 4.73. The molecule has 3 aromatic heterocycles. The van der Waals surface area contributed by atoms with Crippen molar-refractivity contribution in [1.29, 1.82) is 0 Å². The molecule has 3 unspecified atom stereocenters. The first kappa shape index (κ1) is 19.4. The largest absolute Gasteiger partial charge is 0.477 e. The molecule has 1 fully saturated rings. The lowest BCUT2D eigenvalue weighted by Gasteiger charge is -2.11. The van der Waals surface area contributed by atoms with Crippen LogP contribution in [0.15, 0.2) is 59.8 Å². The Bertz CT molecular complexity index is 1330. The third-order valence-corrected chi connectivity index (χ3v) is 6.06. The maximum atomic E-state index is 12.0. The Morgan fingerprint density at radius 2 is 1.94 bits per heavy atom. The number of nitrogens with zero attached hydrogens (tertiary/aromatic N) is 5. The number of pyridine rings is 1. The number of para-hydroxylation sites is 1. The summed E-state index contributed by atoms with van der Waals surface area (Å²) in [5, 5.41) is 1.15. The zero-order valence-corrected chi connectivity index (χ0v) is 17.7. The zero-order chi connectivity index (χ0) is 21.5. The summed E-state index contributed by atoms with van der Waals surface area (Å²) in [5.41, 5.74) is 3.11. The van der Waals surface area contributed by atoms with Crippen LogP contribution in [0.4, 0.5) is 0 Å². The van der Waals surface area contributed by atoms with E-state index in [4.69, 9.17) is 9.72 Å². The minimum absolute atomic E-state index is 0.144. The number of aryl methyl sites for hydroxylation is 2. The molecule has 7 nitrogen and oxygen atoms in total. The number of hydrogen-bond donors (Lipinski definition) is 0. The van der Waals surface area contributed by atoms with Gasteiger partial charge in [-0.1, -0.05) is 31.2 Å². The molecule has 1 saturated carbocycles. The molecule has 0 saturated heterocycles. The summed E-state index contributed by atoms with van der Waals surface area (Å²) in [5.74, 6) is 2.26. The summed E-state index contributed by atoms with van der Waals surface area (Å²) in [7, 11) is 1.66. The third kappa shape index (κ3) is 3.67. The first-order chi connectivity index (χ1) is 15.0. The fourth-order valence-corrected chi connectivity index (χ4v) is 4.08. The van der Waals surface area contributed by atoms with E-state index in [9.17, 15) is 4.79 Å². The van der Waals surface area contributed by atoms with E-state index in [1.54, 1.807) is 13.2 Å². The molecule has 1 aliphatic rings. The van der Waals surface area contributed by atoms with Crippen molar-refractivity contribution in [2.24, 2.45) is 18.9 Å². The maximum Gasteiger partial charge on any atom is 0.253 e. The van der Waals surface area contributed by atoms with Crippen molar-refractivity contribution in [2.75, 3.05) is 6.61 Å². The highest BCUT2D eigenvalue weighted by molar-refractivity contribution is 5.78. The molecule has 7 heteroatoms. The molecule has 0 spiro atoms. The van der Waals surface area contributed by atoms with Crippen LogP contribution in [0.3, 0.4) is 0 Å². The molecule has 5 rings (SSSR count). The van der Waals surface area contributed by atoms with Crippen LogP contribution in [-0.4, -0.2) is 31.1 Å². The van der Waals surface area contributed by atoms with Gasteiger partial charge >= 0.3 is 0 Å². The molecule has 31 heavy (non-hydrogen) atoms. The van der Waals surface area contributed by atoms with Crippen LogP contribution in [0.2, 0.25) is 0 Å². The van der Waals surface area contributed by atoms with Crippen molar-refractivity contribution in [3.05, 3.63) is 76.9 Å². The summed E-state index contributed by atoms with van der Waals surface area (Å²) in [6.45, 7) is 4.56. The van der Waals surface area contributed by atoms with E-state index in [2.05, 4.69) is 40.1 Å². The Labute approximate surface area is 179 Å². The second-order valence-electron chi connectivity index (χ2n) is 8.15. The van der Waals surface area contributed by atoms with E-state index in [0.29, 0.717) is 47.3 Å². The van der Waals surface area contributed by atoms with E-state index in [1.807, 2.05) is 25.1 Å². The van der Waals surface area contributed by atoms with Gasteiger partial charge in [0.15, 0.2) is 0 Å². The molecule has 0 amide bonds. The third-order valence-electron chi connectivity index (χ3n) is 6.06. The van der Waals surface area contributed by atoms with Crippen molar-refractivity contribution < 1.29 is 4.74 Å². The first-order valence-electron chi connectivity index (χ1n) is 10.4. The summed E-state index contributed by atoms with van der Waals surface area (Å²) in [6, 6.07) is 13.9. The first-order valence-corrected chi connectivity index (χ1v) is 10.4. The van der Waals surface area contributed by atoms with Gasteiger partial charge in [0, 0.05) is 42.2 Å². The fourth-order valence-electron chi connectivity index (χ4n) is 4.08. The van der Waals surface area contributed by atoms with Gasteiger partial charge in [-0.2, -0.15) is 4.98 Å². The van der Waals surface area contributed by atoms with Crippen molar-refractivity contribution >= 4 is 10.9 Å². The van der Waals surface area contributed by atoms with Gasteiger partial charge in [-0.05, 0) is 25.0 Å². The lowest BCUT2D eigenvalue weighted by molar-refractivity contribution is 0.280. The Balaban J connectivity index is 1.37. The lowest BCUT2D eigenvalue weighted by atomic mass is 10.1. The van der Waals surface area contributed by atoms with Gasteiger partial charge in [-0.3, -0.25) is 9.78 Å². The van der Waals surface area contributed by atoms with Gasteiger partial charge in [0.1, 0.15) is 5.82 Å². The van der Waals surface area contributed by atoms with Crippen molar-refractivity contribution in [2.45, 2.75) is 19.8 Å². The molecule has 3 heterocycles. The van der Waals surface area contributed by atoms with Gasteiger partial charge < -0.3 is 9.30 Å². The predicted octanol–water partition coefficient (Wildman–Crippen LogP) is 3.52. The van der Waals surface area contributed by atoms with E-state index in [1.165, 1.54) is 17.0 Å². The Morgan fingerprint density at radius 1 is 1.10 bits per heavy atom. The van der Waals surface area contributed by atoms with Crippen LogP contribution < -0.4 is 10.3 Å². The molecule has 3 atom stereocenters. The molecule has 0 radical (unpaired) electrons. The molecule has 1 aromatic carbocycles. The van der Waals surface area contributed by atoms with Crippen molar-refractivity contribution in [1.82, 2.24) is 24.5 Å². The summed E-state index contributed by atoms with van der Waals surface area (Å²) in [4.78, 5) is 30.0. The highest BCUT2D eigenvalue weighted by Gasteiger charge is 2.49. The van der Waals surface area contributed by atoms with Crippen LogP contribution in [-0.2, 0) is 7.05 Å². The molecular weight excluding hydrogens is 390 g/mol. The number of ether oxygens (including phenoxy) is 1. The molecular formula is C24H23N5O2. The highest BCUT2D eigenvalue weighted by Crippen LogP contribution is 2.53. The van der Waals surface area contributed by atoms with Gasteiger partial charge in [0.2, 0.25) is 5.88 Å². The average molecular weight is 413 g/mol. The number of fused-ring (bicyclic) bond motifs is 1. The van der Waals surface area contributed by atoms with Crippen LogP contribution in [0.5, 0.6) is 5.88 Å². The fraction of sp³-hybridized carbons (Fsp3) is 0.292. The SMILES string of the molecule is Cc1ncc(-c2cc(=O)n(C)cn2)c(OCC2C(C)C2c2ccc3ccccc3n2)n1. The highest BCUT2D eigenvalue weighted by atomic mass is 16.5. The molecule has 0 bridgehead atoms. The smallest absolute Gasteiger partial charge is 0.253 e. The zero-order valence-electron chi connectivity index (χ0n) is 17.7. The predicted molar refractivity (Wildman–Crippen MR) is 118 cm³/mol. The summed E-state index contributed by atoms with van der Waals surface area (Å²) >= 11 is 0. The molecule has 0 N–H and O–H groups in total. The second kappa shape index (κ2) is 7.58. The normalized spacial score (nSPS) is 20.0. The van der Waals surface area contributed by atoms with Crippen LogP contribution in [0, 0.1) is 18.8 Å². The summed E-state index contributed by atoms with van der Waals surface area (Å²) < 4.78 is 7.57. The Morgan fingerprint density at radius 3 is 2.77 bits per heavy atom. The molecule has 156 valence electrons. The van der Waals surface area contributed by atoms with Crippen molar-refractivity contribution in [3.8, 4) is 17.1 Å². The van der Waals surface area contributed by atoms with Gasteiger partial charge in [-0.25, -0.2) is 9.97 Å². The number of rotatable bonds is 5. The van der Waals surface area contributed by atoms with Gasteiger partial charge in [0.25, 0.3) is 5.56 Å². The number of benzene rings is 1. The van der Waals surface area contributed by atoms with Gasteiger partial charge in [-0.15, -0.1) is 0 Å². The maximum absolute atomic E-state index is 12.0. The van der Waals surface area contributed by atoms with E-state index in [-0.39, 0.29) is 5.56 Å². The minimum atomic E-state index is -0.144. The van der Waals surface area contributed by atoms with E-state index in [0.717, 1.165) is 16.6 Å². The number of hydrogen-bond acceptors (Lipinski definition) is 6. The van der Waals surface area contributed by atoms with Crippen LogP contribution >= 0.6 is 0 Å². The Hall–Kier alpha value is -3.61. The topological polar surface area (TPSA) is 82.8 Å². The molecule has 4 aromatic rings. The number of aromatic nitrogens is 5. The average Bonchev–Trinajstić information content (AvgIpc) is 3.43. The molecule has 0 aliphatic heterocycles. The van der Waals surface area contributed by atoms with E-state index < -0.39 is 0 Å². The van der Waals surface area contributed by atoms with Crippen LogP contribution in [0.1, 0.15) is 24.4 Å². The summed E-state index contributed by atoms with van der Waals surface area (Å²) in [6.07, 6.45) is 3.16.